The third-order valence-corrected chi connectivity index (χ3v) is 6.13. The topological polar surface area (TPSA) is 82.9 Å². The van der Waals surface area contributed by atoms with Crippen molar-refractivity contribution in [2.75, 3.05) is 18.1 Å². The number of Topliss-reactive ketones (excluding diaryl/α,β-unsaturated/α-hetero) is 1. The van der Waals surface area contributed by atoms with Crippen molar-refractivity contribution in [3.8, 4) is 5.75 Å². The summed E-state index contributed by atoms with van der Waals surface area (Å²) in [7, 11) is 0. The van der Waals surface area contributed by atoms with Crippen LogP contribution >= 0.6 is 0 Å². The van der Waals surface area contributed by atoms with Gasteiger partial charge in [-0.25, -0.2) is 8.78 Å². The molecule has 1 fully saturated rings. The number of aromatic hydroxyl groups is 1. The fourth-order valence-corrected chi connectivity index (χ4v) is 4.50. The van der Waals surface area contributed by atoms with Crippen LogP contribution in [0.4, 0.5) is 8.78 Å². The lowest BCUT2D eigenvalue weighted by Crippen LogP contribution is -2.60. The largest absolute Gasteiger partial charge is 0.502 e. The van der Waals surface area contributed by atoms with Crippen LogP contribution in [0.5, 0.6) is 5.75 Å². The Labute approximate surface area is 177 Å². The van der Waals surface area contributed by atoms with Gasteiger partial charge in [0.15, 0.2) is 17.2 Å². The van der Waals surface area contributed by atoms with Crippen LogP contribution in [0, 0.1) is 17.6 Å². The number of ketones is 1. The molecule has 0 radical (unpaired) electrons. The number of benzene rings is 1. The molecule has 0 bridgehead atoms. The third-order valence-electron chi connectivity index (χ3n) is 6.13. The number of amides is 1. The molecular formula is C22H23F2N3O4. The second-order valence-electron chi connectivity index (χ2n) is 8.01. The van der Waals surface area contributed by atoms with Crippen molar-refractivity contribution >= 4 is 11.7 Å². The summed E-state index contributed by atoms with van der Waals surface area (Å²) in [6.07, 6.45) is 1.65. The number of hydrogen-bond acceptors (Lipinski definition) is 5. The molecular weight excluding hydrogens is 408 g/mol. The number of rotatable bonds is 5. The standard InChI is InChI=1S/C22H23F2N3O4/c1-3-25-21-12(2)8-9-26(21)27-11-15(19(29)20(30)18(27)22(25)31)17(28)7-5-13-4-6-14(23)10-16(13)24/h4,6,10-12,21,30H,3,5,7-9H2,1-2H3/t12-,21-/m0/s1. The van der Waals surface area contributed by atoms with Crippen molar-refractivity contribution < 1.29 is 23.5 Å². The monoisotopic (exact) mass is 431 g/mol. The Morgan fingerprint density at radius 1 is 1.26 bits per heavy atom. The zero-order chi connectivity index (χ0) is 22.4. The first-order chi connectivity index (χ1) is 14.7. The molecule has 1 saturated heterocycles. The van der Waals surface area contributed by atoms with Gasteiger partial charge < -0.3 is 10.0 Å². The second-order valence-corrected chi connectivity index (χ2v) is 8.01. The molecule has 2 atom stereocenters. The molecule has 1 amide bonds. The van der Waals surface area contributed by atoms with E-state index in [-0.39, 0.29) is 41.7 Å². The number of aryl methyl sites for hydroxylation is 1. The van der Waals surface area contributed by atoms with Crippen molar-refractivity contribution in [2.24, 2.45) is 5.92 Å². The summed E-state index contributed by atoms with van der Waals surface area (Å²) in [5, 5.41) is 12.4. The number of nitrogens with zero attached hydrogens (tertiary/aromatic N) is 3. The highest BCUT2D eigenvalue weighted by Gasteiger charge is 2.45. The van der Waals surface area contributed by atoms with Crippen LogP contribution in [0.2, 0.25) is 0 Å². The van der Waals surface area contributed by atoms with Crippen molar-refractivity contribution in [1.29, 1.82) is 0 Å². The van der Waals surface area contributed by atoms with E-state index < -0.39 is 34.5 Å². The van der Waals surface area contributed by atoms with E-state index in [1.807, 2.05) is 18.9 Å². The summed E-state index contributed by atoms with van der Waals surface area (Å²) in [6.45, 7) is 4.87. The van der Waals surface area contributed by atoms with Crippen molar-refractivity contribution in [3.63, 3.8) is 0 Å². The Bertz CT molecular complexity index is 1130. The molecule has 164 valence electrons. The van der Waals surface area contributed by atoms with E-state index in [0.29, 0.717) is 13.1 Å². The van der Waals surface area contributed by atoms with Crippen LogP contribution in [0.1, 0.15) is 53.1 Å². The third kappa shape index (κ3) is 3.37. The highest BCUT2D eigenvalue weighted by atomic mass is 19.1. The molecule has 2 aromatic rings. The van der Waals surface area contributed by atoms with E-state index in [9.17, 15) is 28.3 Å². The maximum atomic E-state index is 13.9. The fourth-order valence-electron chi connectivity index (χ4n) is 4.50. The first kappa shape index (κ1) is 21.0. The number of carbonyl (C=O) groups is 2. The summed E-state index contributed by atoms with van der Waals surface area (Å²) in [5.74, 6) is -3.12. The Morgan fingerprint density at radius 2 is 2.00 bits per heavy atom. The molecule has 1 aromatic carbocycles. The molecule has 1 N–H and O–H groups in total. The zero-order valence-electron chi connectivity index (χ0n) is 17.3. The van der Waals surface area contributed by atoms with Gasteiger partial charge in [0.25, 0.3) is 5.91 Å². The molecule has 1 aromatic heterocycles. The Hall–Kier alpha value is -3.23. The molecule has 7 nitrogen and oxygen atoms in total. The molecule has 0 spiro atoms. The first-order valence-corrected chi connectivity index (χ1v) is 10.3. The van der Waals surface area contributed by atoms with Gasteiger partial charge in [-0.15, -0.1) is 0 Å². The van der Waals surface area contributed by atoms with Gasteiger partial charge in [0.05, 0.1) is 5.56 Å². The van der Waals surface area contributed by atoms with Crippen LogP contribution in [-0.2, 0) is 6.42 Å². The lowest BCUT2D eigenvalue weighted by atomic mass is 10.0. The van der Waals surface area contributed by atoms with Gasteiger partial charge in [-0.3, -0.25) is 24.1 Å². The lowest BCUT2D eigenvalue weighted by molar-refractivity contribution is 0.0559. The van der Waals surface area contributed by atoms with Crippen LogP contribution in [-0.4, -0.2) is 45.6 Å². The van der Waals surface area contributed by atoms with Gasteiger partial charge in [-0.2, -0.15) is 0 Å². The van der Waals surface area contributed by atoms with Gasteiger partial charge >= 0.3 is 0 Å². The number of aromatic nitrogens is 1. The van der Waals surface area contributed by atoms with Gasteiger partial charge in [0, 0.05) is 31.8 Å². The van der Waals surface area contributed by atoms with E-state index in [1.54, 1.807) is 4.90 Å². The number of fused-ring (bicyclic) bond motifs is 3. The van der Waals surface area contributed by atoms with Crippen molar-refractivity contribution in [1.82, 2.24) is 9.58 Å². The zero-order valence-corrected chi connectivity index (χ0v) is 17.3. The minimum Gasteiger partial charge on any atom is -0.502 e. The van der Waals surface area contributed by atoms with E-state index >= 15 is 0 Å². The average Bonchev–Trinajstić information content (AvgIpc) is 3.11. The van der Waals surface area contributed by atoms with E-state index in [2.05, 4.69) is 0 Å². The Morgan fingerprint density at radius 3 is 2.68 bits per heavy atom. The first-order valence-electron chi connectivity index (χ1n) is 10.3. The lowest BCUT2D eigenvalue weighted by Gasteiger charge is -2.44. The minimum absolute atomic E-state index is 0.0290. The fraction of sp³-hybridized carbons (Fsp3) is 0.409. The van der Waals surface area contributed by atoms with E-state index in [4.69, 9.17) is 0 Å². The van der Waals surface area contributed by atoms with Gasteiger partial charge in [0.2, 0.25) is 5.43 Å². The minimum atomic E-state index is -0.925. The molecule has 31 heavy (non-hydrogen) atoms. The van der Waals surface area contributed by atoms with Gasteiger partial charge in [-0.05, 0) is 37.3 Å². The number of carbonyl (C=O) groups excluding carboxylic acids is 2. The number of hydrogen-bond donors (Lipinski definition) is 1. The highest BCUT2D eigenvalue weighted by molar-refractivity contribution is 6.00. The molecule has 3 heterocycles. The van der Waals surface area contributed by atoms with Crippen molar-refractivity contribution in [3.05, 3.63) is 63.1 Å². The number of pyridine rings is 1. The van der Waals surface area contributed by atoms with E-state index in [0.717, 1.165) is 18.6 Å². The average molecular weight is 431 g/mol. The molecule has 2 aliphatic rings. The van der Waals surface area contributed by atoms with Crippen LogP contribution in [0.25, 0.3) is 0 Å². The predicted molar refractivity (Wildman–Crippen MR) is 109 cm³/mol. The van der Waals surface area contributed by atoms with Gasteiger partial charge in [-0.1, -0.05) is 13.0 Å². The van der Waals surface area contributed by atoms with Crippen molar-refractivity contribution in [2.45, 2.75) is 39.3 Å². The normalized spacial score (nSPS) is 20.1. The maximum absolute atomic E-state index is 13.9. The molecule has 0 saturated carbocycles. The SMILES string of the molecule is CCN1C(=O)c2c(O)c(=O)c(C(=O)CCc3ccc(F)cc3F)cn2N2CC[C@H](C)[C@@H]12. The van der Waals surface area contributed by atoms with Crippen LogP contribution < -0.4 is 10.4 Å². The number of halogens is 2. The summed E-state index contributed by atoms with van der Waals surface area (Å²) in [4.78, 5) is 40.1. The Balaban J connectivity index is 1.69. The van der Waals surface area contributed by atoms with Gasteiger partial charge in [0.1, 0.15) is 17.8 Å². The summed E-state index contributed by atoms with van der Waals surface area (Å²) >= 11 is 0. The maximum Gasteiger partial charge on any atom is 0.278 e. The molecule has 2 aliphatic heterocycles. The molecule has 9 heteroatoms. The predicted octanol–water partition coefficient (Wildman–Crippen LogP) is 2.43. The summed E-state index contributed by atoms with van der Waals surface area (Å²) in [6, 6.07) is 3.09. The second kappa shape index (κ2) is 7.79. The summed E-state index contributed by atoms with van der Waals surface area (Å²) in [5.41, 5.74) is -1.19. The molecule has 0 unspecified atom stereocenters. The quantitative estimate of drug-likeness (QED) is 0.736. The van der Waals surface area contributed by atoms with Crippen LogP contribution in [0.15, 0.2) is 29.2 Å². The highest BCUT2D eigenvalue weighted by Crippen LogP contribution is 2.33. The molecule has 0 aliphatic carbocycles. The Kier molecular flexibility index (Phi) is 5.28. The van der Waals surface area contributed by atoms with Crippen LogP contribution in [0.3, 0.4) is 0 Å². The molecule has 4 rings (SSSR count). The summed E-state index contributed by atoms with van der Waals surface area (Å²) < 4.78 is 28.4. The smallest absolute Gasteiger partial charge is 0.278 e. The van der Waals surface area contributed by atoms with E-state index in [1.165, 1.54) is 16.9 Å².